The number of carbonyl (C=O) groups excluding carboxylic acids is 1. The number of nitrogens with zero attached hydrogens (tertiary/aromatic N) is 2. The van der Waals surface area contributed by atoms with Crippen LogP contribution in [0.2, 0.25) is 0 Å². The van der Waals surface area contributed by atoms with E-state index in [1.807, 2.05) is 20.0 Å². The van der Waals surface area contributed by atoms with Crippen molar-refractivity contribution in [3.05, 3.63) is 54.1 Å². The van der Waals surface area contributed by atoms with Crippen molar-refractivity contribution in [1.29, 1.82) is 0 Å². The maximum atomic E-state index is 12.2. The van der Waals surface area contributed by atoms with Crippen LogP contribution in [0.5, 0.6) is 0 Å². The van der Waals surface area contributed by atoms with E-state index in [1.54, 1.807) is 17.1 Å². The molecule has 1 N–H and O–H groups in total. The summed E-state index contributed by atoms with van der Waals surface area (Å²) in [5.74, 6) is -0.0774. The largest absolute Gasteiger partial charge is 0.348 e. The number of hydrogen-bond donors (Lipinski definition) is 1. The lowest BCUT2D eigenvalue weighted by atomic mass is 9.79. The fourth-order valence-electron chi connectivity index (χ4n) is 2.70. The van der Waals surface area contributed by atoms with E-state index < -0.39 is 0 Å². The van der Waals surface area contributed by atoms with Crippen LogP contribution in [0.3, 0.4) is 0 Å². The molecule has 0 aliphatic carbocycles. The minimum absolute atomic E-state index is 0.0143. The van der Waals surface area contributed by atoms with E-state index >= 15 is 0 Å². The molecule has 1 amide bonds. The molecule has 0 saturated carbocycles. The van der Waals surface area contributed by atoms with Crippen molar-refractivity contribution in [2.75, 3.05) is 0 Å². The number of aryl methyl sites for hydroxylation is 1. The van der Waals surface area contributed by atoms with Crippen molar-refractivity contribution in [1.82, 2.24) is 14.9 Å². The first kappa shape index (κ1) is 15.3. The summed E-state index contributed by atoms with van der Waals surface area (Å²) in [6, 6.07) is 10.5. The van der Waals surface area contributed by atoms with Gasteiger partial charge in [-0.05, 0) is 24.3 Å². The summed E-state index contributed by atoms with van der Waals surface area (Å²) in [7, 11) is 1.82. The molecule has 1 aromatic carbocycles. The van der Waals surface area contributed by atoms with Gasteiger partial charge < -0.3 is 9.88 Å². The number of amides is 1. The molecule has 21 heavy (non-hydrogen) atoms. The maximum Gasteiger partial charge on any atom is 0.269 e. The number of nitrogens with one attached hydrogen (secondary N) is 1. The second-order valence-electron chi connectivity index (χ2n) is 6.22. The summed E-state index contributed by atoms with van der Waals surface area (Å²) >= 11 is 0. The Bertz CT molecular complexity index is 602. The number of aromatic nitrogens is 2. The zero-order chi connectivity index (χ0) is 15.5. The molecule has 0 spiro atoms. The van der Waals surface area contributed by atoms with E-state index in [1.165, 1.54) is 5.56 Å². The van der Waals surface area contributed by atoms with Crippen molar-refractivity contribution in [2.45, 2.75) is 38.6 Å². The van der Waals surface area contributed by atoms with E-state index in [0.29, 0.717) is 5.69 Å². The molecule has 0 aliphatic heterocycles. The van der Waals surface area contributed by atoms with Crippen molar-refractivity contribution in [2.24, 2.45) is 7.05 Å². The van der Waals surface area contributed by atoms with Gasteiger partial charge in [-0.2, -0.15) is 0 Å². The highest BCUT2D eigenvalue weighted by molar-refractivity contribution is 5.92. The van der Waals surface area contributed by atoms with Gasteiger partial charge in [0.15, 0.2) is 0 Å². The number of carbonyl (C=O) groups is 1. The van der Waals surface area contributed by atoms with Crippen molar-refractivity contribution < 1.29 is 4.79 Å². The Morgan fingerprint density at radius 2 is 2.00 bits per heavy atom. The predicted octanol–water partition coefficient (Wildman–Crippen LogP) is 2.91. The molecule has 1 heterocycles. The van der Waals surface area contributed by atoms with E-state index in [9.17, 15) is 4.79 Å². The van der Waals surface area contributed by atoms with Gasteiger partial charge in [-0.3, -0.25) is 4.79 Å². The predicted molar refractivity (Wildman–Crippen MR) is 84.2 cm³/mol. The molecule has 1 atom stereocenters. The molecular formula is C17H23N3O. The lowest BCUT2D eigenvalue weighted by molar-refractivity contribution is 0.0926. The average Bonchev–Trinajstić information content (AvgIpc) is 2.85. The minimum atomic E-state index is -0.0774. The van der Waals surface area contributed by atoms with Crippen LogP contribution in [0, 0.1) is 0 Å². The van der Waals surface area contributed by atoms with Gasteiger partial charge in [0.1, 0.15) is 5.69 Å². The van der Waals surface area contributed by atoms with Crippen LogP contribution in [0.4, 0.5) is 0 Å². The van der Waals surface area contributed by atoms with Gasteiger partial charge in [0.2, 0.25) is 0 Å². The van der Waals surface area contributed by atoms with Crippen molar-refractivity contribution in [3.8, 4) is 0 Å². The van der Waals surface area contributed by atoms with Crippen molar-refractivity contribution in [3.63, 3.8) is 0 Å². The highest BCUT2D eigenvalue weighted by Crippen LogP contribution is 2.28. The minimum Gasteiger partial charge on any atom is -0.348 e. The third-order valence-corrected chi connectivity index (χ3v) is 3.80. The second-order valence-corrected chi connectivity index (χ2v) is 6.22. The number of hydrogen-bond acceptors (Lipinski definition) is 2. The number of rotatable bonds is 5. The molecule has 4 heteroatoms. The van der Waals surface area contributed by atoms with E-state index in [0.717, 1.165) is 6.42 Å². The van der Waals surface area contributed by atoms with E-state index in [4.69, 9.17) is 0 Å². The molecule has 0 aliphatic rings. The van der Waals surface area contributed by atoms with E-state index in [-0.39, 0.29) is 17.4 Å². The molecule has 0 saturated heterocycles. The first-order chi connectivity index (χ1) is 9.90. The summed E-state index contributed by atoms with van der Waals surface area (Å²) < 4.78 is 1.73. The molecule has 0 bridgehead atoms. The highest BCUT2D eigenvalue weighted by atomic mass is 16.2. The Morgan fingerprint density at radius 3 is 2.57 bits per heavy atom. The van der Waals surface area contributed by atoms with Crippen LogP contribution in [0.1, 0.15) is 43.2 Å². The summed E-state index contributed by atoms with van der Waals surface area (Å²) in [6.45, 7) is 6.45. The first-order valence-corrected chi connectivity index (χ1v) is 7.23. The van der Waals surface area contributed by atoms with Gasteiger partial charge in [0.05, 0.1) is 12.5 Å². The van der Waals surface area contributed by atoms with Gasteiger partial charge in [0, 0.05) is 13.1 Å². The lowest BCUT2D eigenvalue weighted by Crippen LogP contribution is -2.37. The monoisotopic (exact) mass is 285 g/mol. The zero-order valence-corrected chi connectivity index (χ0v) is 13.1. The number of imidazole rings is 1. The number of benzene rings is 1. The molecule has 2 aromatic rings. The van der Waals surface area contributed by atoms with Gasteiger partial charge in [0.25, 0.3) is 5.91 Å². The summed E-state index contributed by atoms with van der Waals surface area (Å²) in [6.07, 6.45) is 4.10. The molecule has 0 unspecified atom stereocenters. The Balaban J connectivity index is 2.00. The smallest absolute Gasteiger partial charge is 0.269 e. The second kappa shape index (κ2) is 6.12. The molecule has 2 rings (SSSR count). The Kier molecular flexibility index (Phi) is 4.46. The lowest BCUT2D eigenvalue weighted by Gasteiger charge is -2.29. The molecular weight excluding hydrogens is 262 g/mol. The van der Waals surface area contributed by atoms with Gasteiger partial charge in [-0.1, -0.05) is 44.2 Å². The molecule has 4 nitrogen and oxygen atoms in total. The fraction of sp³-hybridized carbons (Fsp3) is 0.412. The molecule has 0 fully saturated rings. The normalized spacial score (nSPS) is 13.0. The Hall–Kier alpha value is -2.10. The molecule has 112 valence electrons. The third kappa shape index (κ3) is 3.72. The highest BCUT2D eigenvalue weighted by Gasteiger charge is 2.24. The van der Waals surface area contributed by atoms with Crippen LogP contribution < -0.4 is 5.32 Å². The standard InChI is InChI=1S/C17H23N3O/c1-13(19-16(21)15-11-18-12-20(15)4)10-17(2,3)14-8-6-5-7-9-14/h5-9,11-13H,10H2,1-4H3,(H,19,21)/t13-/m1/s1. The van der Waals surface area contributed by atoms with Crippen LogP contribution >= 0.6 is 0 Å². The maximum absolute atomic E-state index is 12.2. The molecule has 1 aromatic heterocycles. The average molecular weight is 285 g/mol. The topological polar surface area (TPSA) is 46.9 Å². The van der Waals surface area contributed by atoms with Gasteiger partial charge in [-0.15, -0.1) is 0 Å². The summed E-state index contributed by atoms with van der Waals surface area (Å²) in [4.78, 5) is 16.2. The Labute approximate surface area is 126 Å². The quantitative estimate of drug-likeness (QED) is 0.918. The zero-order valence-electron chi connectivity index (χ0n) is 13.1. The van der Waals surface area contributed by atoms with Gasteiger partial charge in [-0.25, -0.2) is 4.98 Å². The van der Waals surface area contributed by atoms with E-state index in [2.05, 4.69) is 48.4 Å². The summed E-state index contributed by atoms with van der Waals surface area (Å²) in [5.41, 5.74) is 1.88. The van der Waals surface area contributed by atoms with Gasteiger partial charge >= 0.3 is 0 Å². The van der Waals surface area contributed by atoms with Crippen LogP contribution in [-0.2, 0) is 12.5 Å². The fourth-order valence-corrected chi connectivity index (χ4v) is 2.70. The van der Waals surface area contributed by atoms with Crippen LogP contribution in [0.15, 0.2) is 42.9 Å². The Morgan fingerprint density at radius 1 is 1.33 bits per heavy atom. The SMILES string of the molecule is C[C@H](CC(C)(C)c1ccccc1)NC(=O)c1cncn1C. The third-order valence-electron chi connectivity index (χ3n) is 3.80. The molecule has 0 radical (unpaired) electrons. The van der Waals surface area contributed by atoms with Crippen molar-refractivity contribution >= 4 is 5.91 Å². The van der Waals surface area contributed by atoms with Crippen LogP contribution in [0.25, 0.3) is 0 Å². The summed E-state index contributed by atoms with van der Waals surface area (Å²) in [5, 5.41) is 3.05. The first-order valence-electron chi connectivity index (χ1n) is 7.23. The van der Waals surface area contributed by atoms with Crippen LogP contribution in [-0.4, -0.2) is 21.5 Å².